The topological polar surface area (TPSA) is 59.4 Å². The van der Waals surface area contributed by atoms with Gasteiger partial charge in [0, 0.05) is 36.9 Å². The Morgan fingerprint density at radius 2 is 2.20 bits per heavy atom. The number of ether oxygens (including phenoxy) is 1. The molecule has 1 aromatic heterocycles. The van der Waals surface area contributed by atoms with Gasteiger partial charge in [-0.15, -0.1) is 6.58 Å². The molecule has 4 rings (SSSR count). The molecule has 2 heterocycles. The van der Waals surface area contributed by atoms with E-state index >= 15 is 0 Å². The van der Waals surface area contributed by atoms with E-state index in [0.717, 1.165) is 41.6 Å². The number of benzene rings is 1. The summed E-state index contributed by atoms with van der Waals surface area (Å²) in [5.74, 6) is -0.230. The van der Waals surface area contributed by atoms with Gasteiger partial charge in [0.1, 0.15) is 5.82 Å². The maximum Gasteiger partial charge on any atom is 0.274 e. The first kappa shape index (κ1) is 20.8. The quantitative estimate of drug-likeness (QED) is 0.741. The molecule has 6 nitrogen and oxygen atoms in total. The van der Waals surface area contributed by atoms with Gasteiger partial charge in [0.2, 0.25) is 0 Å². The van der Waals surface area contributed by atoms with Gasteiger partial charge >= 0.3 is 0 Å². The third-order valence-electron chi connectivity index (χ3n) is 6.04. The van der Waals surface area contributed by atoms with Crippen LogP contribution in [-0.2, 0) is 30.7 Å². The first-order chi connectivity index (χ1) is 14.6. The highest BCUT2D eigenvalue weighted by molar-refractivity contribution is 5.94. The van der Waals surface area contributed by atoms with Gasteiger partial charge in [-0.25, -0.2) is 4.39 Å². The summed E-state index contributed by atoms with van der Waals surface area (Å²) in [6.45, 7) is 9.36. The summed E-state index contributed by atoms with van der Waals surface area (Å²) in [5.41, 5.74) is 4.76. The molecule has 1 N–H and O–H groups in total. The smallest absolute Gasteiger partial charge is 0.274 e. The molecular formula is C23H29FN4O2. The van der Waals surface area contributed by atoms with E-state index in [9.17, 15) is 9.18 Å². The van der Waals surface area contributed by atoms with E-state index in [2.05, 4.69) is 17.0 Å². The molecule has 2 aliphatic rings. The number of aryl methyl sites for hydroxylation is 1. The van der Waals surface area contributed by atoms with Gasteiger partial charge in [-0.1, -0.05) is 12.1 Å². The SMILES string of the molecule is C=CCn1nc(C(=O)N2CCOCC2)c2c1CC[C@H](NCc1cc(F)ccc1C)C2. The second kappa shape index (κ2) is 9.10. The summed E-state index contributed by atoms with van der Waals surface area (Å²) in [6.07, 6.45) is 4.36. The predicted octanol–water partition coefficient (Wildman–Crippen LogP) is 2.64. The molecule has 160 valence electrons. The third-order valence-corrected chi connectivity index (χ3v) is 6.04. The fraction of sp³-hybridized carbons (Fsp3) is 0.478. The Kier molecular flexibility index (Phi) is 6.29. The number of rotatable bonds is 6. The van der Waals surface area contributed by atoms with Crippen molar-refractivity contribution < 1.29 is 13.9 Å². The molecule has 1 fully saturated rings. The zero-order valence-corrected chi connectivity index (χ0v) is 17.5. The average molecular weight is 413 g/mol. The molecule has 1 saturated heterocycles. The van der Waals surface area contributed by atoms with Gasteiger partial charge in [-0.3, -0.25) is 9.48 Å². The Hall–Kier alpha value is -2.51. The zero-order chi connectivity index (χ0) is 21.1. The van der Waals surface area contributed by atoms with E-state index in [1.54, 1.807) is 6.07 Å². The molecule has 1 amide bonds. The van der Waals surface area contributed by atoms with Crippen LogP contribution in [0.15, 0.2) is 30.9 Å². The number of fused-ring (bicyclic) bond motifs is 1. The number of carbonyl (C=O) groups excluding carboxylic acids is 1. The van der Waals surface area contributed by atoms with Crippen LogP contribution in [0.3, 0.4) is 0 Å². The summed E-state index contributed by atoms with van der Waals surface area (Å²) in [6, 6.07) is 5.11. The normalized spacial score (nSPS) is 18.9. The van der Waals surface area contributed by atoms with Crippen LogP contribution in [0.25, 0.3) is 0 Å². The molecule has 0 saturated carbocycles. The number of amides is 1. The number of halogens is 1. The van der Waals surface area contributed by atoms with Crippen LogP contribution in [-0.4, -0.2) is 52.9 Å². The molecule has 2 aromatic rings. The van der Waals surface area contributed by atoms with E-state index in [-0.39, 0.29) is 17.8 Å². The molecular weight excluding hydrogens is 383 g/mol. The Labute approximate surface area is 176 Å². The van der Waals surface area contributed by atoms with Crippen LogP contribution in [0.5, 0.6) is 0 Å². The highest BCUT2D eigenvalue weighted by Gasteiger charge is 2.31. The number of hydrogen-bond donors (Lipinski definition) is 1. The minimum absolute atomic E-state index is 0.0148. The zero-order valence-electron chi connectivity index (χ0n) is 17.5. The number of allylic oxidation sites excluding steroid dienone is 1. The van der Waals surface area contributed by atoms with Crippen molar-refractivity contribution in [2.24, 2.45) is 0 Å². The van der Waals surface area contributed by atoms with E-state index in [0.29, 0.717) is 45.1 Å². The number of morpholine rings is 1. The maximum atomic E-state index is 13.6. The standard InChI is InChI=1S/C23H29FN4O2/c1-3-8-28-21-7-6-19(25-15-17-13-18(24)5-4-16(17)2)14-20(21)22(26-28)23(29)27-9-11-30-12-10-27/h3-5,13,19,25H,1,6-12,14-15H2,2H3/t19-/m0/s1. The van der Waals surface area contributed by atoms with Crippen molar-refractivity contribution in [1.82, 2.24) is 20.0 Å². The second-order valence-electron chi connectivity index (χ2n) is 8.04. The third kappa shape index (κ3) is 4.32. The Morgan fingerprint density at radius 3 is 2.97 bits per heavy atom. The van der Waals surface area contributed by atoms with Crippen molar-refractivity contribution in [3.05, 3.63) is 64.7 Å². The van der Waals surface area contributed by atoms with Gasteiger partial charge in [-0.05, 0) is 49.4 Å². The van der Waals surface area contributed by atoms with Gasteiger partial charge in [0.15, 0.2) is 5.69 Å². The lowest BCUT2D eigenvalue weighted by Crippen LogP contribution is -2.41. The van der Waals surface area contributed by atoms with Gasteiger partial charge in [0.05, 0.1) is 19.8 Å². The summed E-state index contributed by atoms with van der Waals surface area (Å²) < 4.78 is 20.9. The van der Waals surface area contributed by atoms with Gasteiger partial charge < -0.3 is 15.0 Å². The van der Waals surface area contributed by atoms with Gasteiger partial charge in [0.25, 0.3) is 5.91 Å². The van der Waals surface area contributed by atoms with Crippen LogP contribution < -0.4 is 5.32 Å². The van der Waals surface area contributed by atoms with Crippen LogP contribution >= 0.6 is 0 Å². The van der Waals surface area contributed by atoms with Gasteiger partial charge in [-0.2, -0.15) is 5.10 Å². The van der Waals surface area contributed by atoms with Crippen molar-refractivity contribution in [2.75, 3.05) is 26.3 Å². The highest BCUT2D eigenvalue weighted by Crippen LogP contribution is 2.27. The number of nitrogens with zero attached hydrogens (tertiary/aromatic N) is 3. The minimum atomic E-state index is -0.215. The lowest BCUT2D eigenvalue weighted by atomic mass is 9.90. The molecule has 1 aliphatic heterocycles. The fourth-order valence-electron chi connectivity index (χ4n) is 4.31. The largest absolute Gasteiger partial charge is 0.378 e. The van der Waals surface area contributed by atoms with Crippen molar-refractivity contribution in [3.63, 3.8) is 0 Å². The first-order valence-corrected chi connectivity index (χ1v) is 10.6. The molecule has 0 bridgehead atoms. The van der Waals surface area contributed by atoms with Crippen molar-refractivity contribution in [1.29, 1.82) is 0 Å². The lowest BCUT2D eigenvalue weighted by Gasteiger charge is -2.28. The molecule has 0 spiro atoms. The number of hydrogen-bond acceptors (Lipinski definition) is 4. The molecule has 7 heteroatoms. The summed E-state index contributed by atoms with van der Waals surface area (Å²) in [7, 11) is 0. The maximum absolute atomic E-state index is 13.6. The van der Waals surface area contributed by atoms with Crippen molar-refractivity contribution in [2.45, 2.75) is 45.3 Å². The van der Waals surface area contributed by atoms with E-state index in [4.69, 9.17) is 4.74 Å². The monoisotopic (exact) mass is 412 g/mol. The average Bonchev–Trinajstić information content (AvgIpc) is 3.12. The van der Waals surface area contributed by atoms with E-state index < -0.39 is 0 Å². The fourth-order valence-corrected chi connectivity index (χ4v) is 4.31. The molecule has 1 aromatic carbocycles. The van der Waals surface area contributed by atoms with E-state index in [1.807, 2.05) is 28.6 Å². The summed E-state index contributed by atoms with van der Waals surface area (Å²) in [5, 5.41) is 8.24. The summed E-state index contributed by atoms with van der Waals surface area (Å²) in [4.78, 5) is 15.0. The minimum Gasteiger partial charge on any atom is -0.378 e. The molecule has 0 unspecified atom stereocenters. The second-order valence-corrected chi connectivity index (χ2v) is 8.04. The molecule has 0 radical (unpaired) electrons. The Morgan fingerprint density at radius 1 is 1.40 bits per heavy atom. The van der Waals surface area contributed by atoms with Crippen LogP contribution in [0.1, 0.15) is 39.3 Å². The Bertz CT molecular complexity index is 934. The van der Waals surface area contributed by atoms with Crippen molar-refractivity contribution in [3.8, 4) is 0 Å². The van der Waals surface area contributed by atoms with Crippen molar-refractivity contribution >= 4 is 5.91 Å². The van der Waals surface area contributed by atoms with Crippen LogP contribution in [0.4, 0.5) is 4.39 Å². The number of carbonyl (C=O) groups is 1. The molecule has 30 heavy (non-hydrogen) atoms. The Balaban J connectivity index is 1.52. The molecule has 1 aliphatic carbocycles. The summed E-state index contributed by atoms with van der Waals surface area (Å²) >= 11 is 0. The molecule has 1 atom stereocenters. The predicted molar refractivity (Wildman–Crippen MR) is 113 cm³/mol. The van der Waals surface area contributed by atoms with Crippen LogP contribution in [0.2, 0.25) is 0 Å². The van der Waals surface area contributed by atoms with E-state index in [1.165, 1.54) is 6.07 Å². The first-order valence-electron chi connectivity index (χ1n) is 10.6. The number of nitrogens with one attached hydrogen (secondary N) is 1. The van der Waals surface area contributed by atoms with Crippen LogP contribution in [0, 0.1) is 12.7 Å². The number of aromatic nitrogens is 2. The highest BCUT2D eigenvalue weighted by atomic mass is 19.1. The lowest BCUT2D eigenvalue weighted by molar-refractivity contribution is 0.0297.